The standard InChI is InChI=1S/C9H6ClNO.C6H7N3O2/c10-8-3-1-7(2-4-8)9(12)5-6-11;7-8-5-3-1-2-4-6(5)9(10)11/h1-4H,5H2;1-4,8H,7H2. The van der Waals surface area contributed by atoms with Crippen molar-refractivity contribution >= 4 is 28.8 Å². The molecule has 0 fully saturated rings. The second-order valence-corrected chi connectivity index (χ2v) is 4.62. The number of Topliss-reactive ketones (excluding diaryl/α,β-unsaturated/α-hetero) is 1. The van der Waals surface area contributed by atoms with Crippen LogP contribution >= 0.6 is 11.6 Å². The number of nitro groups is 1. The van der Waals surface area contributed by atoms with Crippen LogP contribution in [0.1, 0.15) is 16.8 Å². The van der Waals surface area contributed by atoms with E-state index in [1.54, 1.807) is 42.5 Å². The number of nitrogens with one attached hydrogen (secondary N) is 1. The van der Waals surface area contributed by atoms with Gasteiger partial charge >= 0.3 is 0 Å². The number of carbonyl (C=O) groups excluding carboxylic acids is 1. The molecule has 0 spiro atoms. The van der Waals surface area contributed by atoms with Crippen molar-refractivity contribution in [3.05, 3.63) is 69.2 Å². The Morgan fingerprint density at radius 1 is 1.26 bits per heavy atom. The van der Waals surface area contributed by atoms with Crippen molar-refractivity contribution in [3.63, 3.8) is 0 Å². The lowest BCUT2D eigenvalue weighted by Crippen LogP contribution is -2.08. The molecule has 0 heterocycles. The van der Waals surface area contributed by atoms with Crippen LogP contribution in [0.15, 0.2) is 48.5 Å². The van der Waals surface area contributed by atoms with Crippen molar-refractivity contribution < 1.29 is 9.72 Å². The van der Waals surface area contributed by atoms with E-state index in [4.69, 9.17) is 22.7 Å². The Labute approximate surface area is 137 Å². The average Bonchev–Trinajstić information content (AvgIpc) is 2.56. The number of nitro benzene ring substituents is 1. The topological polar surface area (TPSA) is 122 Å². The number of hydrogen-bond acceptors (Lipinski definition) is 6. The minimum absolute atomic E-state index is 0.0185. The van der Waals surface area contributed by atoms with Gasteiger partial charge in [0.05, 0.1) is 17.4 Å². The number of nitriles is 1. The number of hydrogen-bond donors (Lipinski definition) is 2. The van der Waals surface area contributed by atoms with Crippen molar-refractivity contribution in [2.75, 3.05) is 5.43 Å². The highest BCUT2D eigenvalue weighted by atomic mass is 35.5. The molecule has 2 aromatic carbocycles. The zero-order valence-corrected chi connectivity index (χ0v) is 12.7. The van der Waals surface area contributed by atoms with Crippen LogP contribution in [0.25, 0.3) is 0 Å². The van der Waals surface area contributed by atoms with Gasteiger partial charge in [-0.3, -0.25) is 20.8 Å². The molecule has 0 aliphatic heterocycles. The first-order chi connectivity index (χ1) is 11.0. The van der Waals surface area contributed by atoms with Crippen LogP contribution < -0.4 is 11.3 Å². The number of nitrogens with two attached hydrogens (primary N) is 1. The van der Waals surface area contributed by atoms with Crippen molar-refractivity contribution in [1.82, 2.24) is 0 Å². The predicted octanol–water partition coefficient (Wildman–Crippen LogP) is 3.32. The molecule has 0 bridgehead atoms. The SMILES string of the molecule is N#CCC(=O)c1ccc(Cl)cc1.NNc1ccccc1[N+](=O)[O-]. The van der Waals surface area contributed by atoms with Crippen molar-refractivity contribution in [3.8, 4) is 6.07 Å². The maximum absolute atomic E-state index is 11.1. The molecular formula is C15H13ClN4O3. The van der Waals surface area contributed by atoms with E-state index >= 15 is 0 Å². The Kier molecular flexibility index (Phi) is 7.20. The smallest absolute Gasteiger partial charge is 0.293 e. The lowest BCUT2D eigenvalue weighted by molar-refractivity contribution is -0.384. The highest BCUT2D eigenvalue weighted by Gasteiger charge is 2.09. The highest BCUT2D eigenvalue weighted by Crippen LogP contribution is 2.21. The zero-order valence-electron chi connectivity index (χ0n) is 11.9. The number of nitrogens with zero attached hydrogens (tertiary/aromatic N) is 2. The van der Waals surface area contributed by atoms with Gasteiger partial charge in [-0.2, -0.15) is 5.26 Å². The molecule has 2 aromatic rings. The summed E-state index contributed by atoms with van der Waals surface area (Å²) in [6.45, 7) is 0. The number of halogens is 1. The van der Waals surface area contributed by atoms with Crippen LogP contribution in [0.3, 0.4) is 0 Å². The summed E-state index contributed by atoms with van der Waals surface area (Å²) in [4.78, 5) is 20.9. The summed E-state index contributed by atoms with van der Waals surface area (Å²) >= 11 is 5.62. The molecule has 118 valence electrons. The Balaban J connectivity index is 0.000000231. The quantitative estimate of drug-likeness (QED) is 0.383. The molecule has 0 aliphatic rings. The lowest BCUT2D eigenvalue weighted by atomic mass is 10.1. The van der Waals surface area contributed by atoms with Crippen LogP contribution in [0, 0.1) is 21.4 Å². The number of rotatable bonds is 4. The first-order valence-corrected chi connectivity index (χ1v) is 6.73. The van der Waals surface area contributed by atoms with Gasteiger partial charge in [-0.1, -0.05) is 23.7 Å². The zero-order chi connectivity index (χ0) is 17.2. The van der Waals surface area contributed by atoms with E-state index in [1.165, 1.54) is 12.1 Å². The second kappa shape index (κ2) is 9.15. The fourth-order valence-corrected chi connectivity index (χ4v) is 1.69. The Morgan fingerprint density at radius 2 is 1.87 bits per heavy atom. The molecule has 0 saturated carbocycles. The van der Waals surface area contributed by atoms with Gasteiger partial charge in [0.1, 0.15) is 5.69 Å². The Morgan fingerprint density at radius 3 is 2.35 bits per heavy atom. The number of nitrogen functional groups attached to an aromatic ring is 1. The molecule has 2 rings (SSSR count). The monoisotopic (exact) mass is 332 g/mol. The van der Waals surface area contributed by atoms with E-state index < -0.39 is 4.92 Å². The minimum atomic E-state index is -0.491. The number of para-hydroxylation sites is 2. The van der Waals surface area contributed by atoms with Gasteiger partial charge in [0.15, 0.2) is 5.78 Å². The molecule has 8 heteroatoms. The largest absolute Gasteiger partial charge is 0.318 e. The Hall–Kier alpha value is -2.95. The number of benzene rings is 2. The molecule has 0 radical (unpaired) electrons. The number of anilines is 1. The normalized spacial score (nSPS) is 9.09. The third-order valence-corrected chi connectivity index (χ3v) is 2.91. The van der Waals surface area contributed by atoms with Gasteiger partial charge in [0.25, 0.3) is 5.69 Å². The predicted molar refractivity (Wildman–Crippen MR) is 86.9 cm³/mol. The first-order valence-electron chi connectivity index (χ1n) is 6.35. The number of hydrazine groups is 1. The molecule has 0 amide bonds. The molecule has 23 heavy (non-hydrogen) atoms. The van der Waals surface area contributed by atoms with Gasteiger partial charge in [0.2, 0.25) is 0 Å². The first kappa shape index (κ1) is 18.1. The fraction of sp³-hybridized carbons (Fsp3) is 0.0667. The molecule has 0 saturated heterocycles. The summed E-state index contributed by atoms with van der Waals surface area (Å²) in [6.07, 6.45) is -0.0817. The maximum atomic E-state index is 11.1. The third kappa shape index (κ3) is 5.74. The number of ketones is 1. The summed E-state index contributed by atoms with van der Waals surface area (Å²) < 4.78 is 0. The van der Waals surface area contributed by atoms with E-state index in [0.29, 0.717) is 16.3 Å². The molecule has 0 aliphatic carbocycles. The van der Waals surface area contributed by atoms with Gasteiger partial charge in [-0.05, 0) is 30.3 Å². The van der Waals surface area contributed by atoms with Crippen molar-refractivity contribution in [1.29, 1.82) is 5.26 Å². The third-order valence-electron chi connectivity index (χ3n) is 2.66. The van der Waals surface area contributed by atoms with E-state index in [9.17, 15) is 14.9 Å². The Bertz CT molecular complexity index is 726. The van der Waals surface area contributed by atoms with Crippen LogP contribution in [0.2, 0.25) is 5.02 Å². The average molecular weight is 333 g/mol. The van der Waals surface area contributed by atoms with Crippen LogP contribution in [-0.2, 0) is 0 Å². The van der Waals surface area contributed by atoms with Crippen LogP contribution in [0.4, 0.5) is 11.4 Å². The van der Waals surface area contributed by atoms with Gasteiger partial charge in [-0.25, -0.2) is 0 Å². The van der Waals surface area contributed by atoms with Gasteiger partial charge in [0, 0.05) is 16.7 Å². The summed E-state index contributed by atoms with van der Waals surface area (Å²) in [5, 5.41) is 19.1. The van der Waals surface area contributed by atoms with Crippen LogP contribution in [0.5, 0.6) is 0 Å². The van der Waals surface area contributed by atoms with Crippen molar-refractivity contribution in [2.24, 2.45) is 5.84 Å². The summed E-state index contributed by atoms with van der Waals surface area (Å²) in [7, 11) is 0. The summed E-state index contributed by atoms with van der Waals surface area (Å²) in [5.74, 6) is 4.86. The van der Waals surface area contributed by atoms with Gasteiger partial charge < -0.3 is 5.43 Å². The van der Waals surface area contributed by atoms with E-state index in [0.717, 1.165) is 0 Å². The van der Waals surface area contributed by atoms with E-state index in [2.05, 4.69) is 5.43 Å². The molecule has 0 atom stereocenters. The second-order valence-electron chi connectivity index (χ2n) is 4.18. The minimum Gasteiger partial charge on any atom is -0.318 e. The lowest BCUT2D eigenvalue weighted by Gasteiger charge is -1.98. The molecular weight excluding hydrogens is 320 g/mol. The maximum Gasteiger partial charge on any atom is 0.293 e. The highest BCUT2D eigenvalue weighted by molar-refractivity contribution is 6.30. The fourth-order valence-electron chi connectivity index (χ4n) is 1.56. The van der Waals surface area contributed by atoms with E-state index in [1.807, 2.05) is 0 Å². The summed E-state index contributed by atoms with van der Waals surface area (Å²) in [5.41, 5.74) is 3.06. The molecule has 7 nitrogen and oxygen atoms in total. The summed E-state index contributed by atoms with van der Waals surface area (Å²) in [6, 6.07) is 14.5. The van der Waals surface area contributed by atoms with E-state index in [-0.39, 0.29) is 17.9 Å². The van der Waals surface area contributed by atoms with Crippen molar-refractivity contribution in [2.45, 2.75) is 6.42 Å². The van der Waals surface area contributed by atoms with Gasteiger partial charge in [-0.15, -0.1) is 0 Å². The molecule has 0 unspecified atom stereocenters. The van der Waals surface area contributed by atoms with Crippen LogP contribution in [-0.4, -0.2) is 10.7 Å². The molecule has 0 aromatic heterocycles. The number of carbonyl (C=O) groups is 1. The molecule has 3 N–H and O–H groups in total.